The minimum Gasteiger partial charge on any atom is -0.380 e. The van der Waals surface area contributed by atoms with Crippen LogP contribution in [0.25, 0.3) is 0 Å². The Bertz CT molecular complexity index is 820. The predicted octanol–water partition coefficient (Wildman–Crippen LogP) is 4.60. The smallest absolute Gasteiger partial charge is 0.257 e. The first-order valence-corrected chi connectivity index (χ1v) is 7.88. The maximum atomic E-state index is 12.3. The Labute approximate surface area is 145 Å². The van der Waals surface area contributed by atoms with E-state index in [0.29, 0.717) is 22.8 Å². The summed E-state index contributed by atoms with van der Waals surface area (Å²) in [5, 5.41) is 6.72. The van der Waals surface area contributed by atoms with Crippen LogP contribution in [0.3, 0.4) is 0 Å². The Morgan fingerprint density at radius 3 is 2.46 bits per heavy atom. The fraction of sp³-hybridized carbons (Fsp3) is 0.0526. The van der Waals surface area contributed by atoms with Gasteiger partial charge in [0.15, 0.2) is 0 Å². The summed E-state index contributed by atoms with van der Waals surface area (Å²) in [5.74, 6) is -0.215. The number of rotatable bonds is 5. The number of pyridine rings is 1. The highest BCUT2D eigenvalue weighted by atomic mass is 35.5. The number of amides is 1. The van der Waals surface area contributed by atoms with Crippen LogP contribution in [0.2, 0.25) is 5.02 Å². The van der Waals surface area contributed by atoms with E-state index < -0.39 is 0 Å². The molecule has 2 aromatic carbocycles. The van der Waals surface area contributed by atoms with Crippen LogP contribution in [-0.2, 0) is 6.54 Å². The van der Waals surface area contributed by atoms with Crippen LogP contribution in [0.1, 0.15) is 15.9 Å². The molecule has 0 atom stereocenters. The van der Waals surface area contributed by atoms with Crippen molar-refractivity contribution in [1.82, 2.24) is 4.98 Å². The molecule has 0 saturated carbocycles. The van der Waals surface area contributed by atoms with Crippen molar-refractivity contribution in [3.05, 3.63) is 89.2 Å². The first kappa shape index (κ1) is 16.0. The number of aromatic nitrogens is 1. The lowest BCUT2D eigenvalue weighted by atomic mass is 10.2. The molecule has 24 heavy (non-hydrogen) atoms. The van der Waals surface area contributed by atoms with Gasteiger partial charge in [0.05, 0.1) is 11.3 Å². The van der Waals surface area contributed by atoms with Gasteiger partial charge in [-0.05, 0) is 35.9 Å². The van der Waals surface area contributed by atoms with Crippen molar-refractivity contribution in [2.45, 2.75) is 6.54 Å². The fourth-order valence-corrected chi connectivity index (χ4v) is 2.32. The first-order chi connectivity index (χ1) is 11.7. The number of nitrogens with zero attached hydrogens (tertiary/aromatic N) is 1. The maximum absolute atomic E-state index is 12.3. The number of carbonyl (C=O) groups excluding carboxylic acids is 1. The van der Waals surface area contributed by atoms with Gasteiger partial charge < -0.3 is 10.6 Å². The van der Waals surface area contributed by atoms with Gasteiger partial charge in [-0.2, -0.15) is 0 Å². The first-order valence-electron chi connectivity index (χ1n) is 7.50. The molecule has 0 fully saturated rings. The molecule has 0 aliphatic rings. The van der Waals surface area contributed by atoms with Crippen LogP contribution in [0.4, 0.5) is 11.4 Å². The molecular weight excluding hydrogens is 322 g/mol. The molecule has 5 heteroatoms. The van der Waals surface area contributed by atoms with Gasteiger partial charge >= 0.3 is 0 Å². The fourth-order valence-electron chi connectivity index (χ4n) is 2.20. The average Bonchev–Trinajstić information content (AvgIpc) is 2.63. The lowest BCUT2D eigenvalue weighted by Crippen LogP contribution is -2.12. The van der Waals surface area contributed by atoms with Crippen molar-refractivity contribution in [1.29, 1.82) is 0 Å². The summed E-state index contributed by atoms with van der Waals surface area (Å²) < 4.78 is 0. The largest absolute Gasteiger partial charge is 0.380 e. The number of halogens is 1. The van der Waals surface area contributed by atoms with E-state index >= 15 is 0 Å². The number of hydrogen-bond acceptors (Lipinski definition) is 3. The summed E-state index contributed by atoms with van der Waals surface area (Å²) in [6, 6.07) is 18.8. The second-order valence-electron chi connectivity index (χ2n) is 5.26. The molecule has 4 nitrogen and oxygen atoms in total. The van der Waals surface area contributed by atoms with E-state index in [0.717, 1.165) is 11.3 Å². The maximum Gasteiger partial charge on any atom is 0.257 e. The summed E-state index contributed by atoms with van der Waals surface area (Å²) in [7, 11) is 0. The molecule has 1 heterocycles. The third kappa shape index (κ3) is 4.33. The third-order valence-electron chi connectivity index (χ3n) is 3.44. The van der Waals surface area contributed by atoms with E-state index in [4.69, 9.17) is 11.6 Å². The van der Waals surface area contributed by atoms with E-state index in [1.165, 1.54) is 0 Å². The number of anilines is 2. The van der Waals surface area contributed by atoms with Crippen molar-refractivity contribution in [3.8, 4) is 0 Å². The minimum absolute atomic E-state index is 0.215. The topological polar surface area (TPSA) is 54.0 Å². The van der Waals surface area contributed by atoms with Gasteiger partial charge in [-0.3, -0.25) is 9.78 Å². The van der Waals surface area contributed by atoms with Crippen molar-refractivity contribution in [2.75, 3.05) is 10.6 Å². The molecule has 0 bridgehead atoms. The molecule has 1 amide bonds. The van der Waals surface area contributed by atoms with Crippen LogP contribution < -0.4 is 10.6 Å². The molecule has 3 aromatic rings. The molecule has 0 aliphatic heterocycles. The van der Waals surface area contributed by atoms with Gasteiger partial charge in [0.2, 0.25) is 0 Å². The normalized spacial score (nSPS) is 10.2. The lowest BCUT2D eigenvalue weighted by Gasteiger charge is -2.09. The number of hydrogen-bond donors (Lipinski definition) is 2. The van der Waals surface area contributed by atoms with Crippen molar-refractivity contribution in [3.63, 3.8) is 0 Å². The minimum atomic E-state index is -0.215. The van der Waals surface area contributed by atoms with Gasteiger partial charge in [0.1, 0.15) is 0 Å². The summed E-state index contributed by atoms with van der Waals surface area (Å²) in [5.41, 5.74) is 3.13. The van der Waals surface area contributed by atoms with Gasteiger partial charge in [0.25, 0.3) is 5.91 Å². The summed E-state index contributed by atoms with van der Waals surface area (Å²) in [6.45, 7) is 0.671. The Morgan fingerprint density at radius 2 is 1.71 bits per heavy atom. The molecule has 0 aliphatic carbocycles. The van der Waals surface area contributed by atoms with Crippen molar-refractivity contribution in [2.24, 2.45) is 0 Å². The highest BCUT2D eigenvalue weighted by Crippen LogP contribution is 2.16. The van der Waals surface area contributed by atoms with Crippen LogP contribution in [0.15, 0.2) is 73.1 Å². The van der Waals surface area contributed by atoms with E-state index in [9.17, 15) is 4.79 Å². The summed E-state index contributed by atoms with van der Waals surface area (Å²) in [4.78, 5) is 16.4. The molecule has 3 rings (SSSR count). The second-order valence-corrected chi connectivity index (χ2v) is 5.70. The zero-order valence-corrected chi connectivity index (χ0v) is 13.6. The van der Waals surface area contributed by atoms with Crippen LogP contribution in [-0.4, -0.2) is 10.9 Å². The van der Waals surface area contributed by atoms with Gasteiger partial charge in [-0.25, -0.2) is 0 Å². The average molecular weight is 338 g/mol. The Hall–Kier alpha value is -2.85. The molecule has 0 unspecified atom stereocenters. The zero-order valence-electron chi connectivity index (χ0n) is 12.9. The van der Waals surface area contributed by atoms with Crippen LogP contribution in [0.5, 0.6) is 0 Å². The predicted molar refractivity (Wildman–Crippen MR) is 97.4 cm³/mol. The zero-order chi connectivity index (χ0) is 16.8. The molecule has 1 aromatic heterocycles. The molecule has 0 radical (unpaired) electrons. The van der Waals surface area contributed by atoms with Gasteiger partial charge in [-0.15, -0.1) is 0 Å². The molecule has 120 valence electrons. The van der Waals surface area contributed by atoms with Crippen LogP contribution >= 0.6 is 11.6 Å². The molecule has 2 N–H and O–H groups in total. The standard InChI is InChI=1S/C19H16ClN3O/c20-16-6-8-17(9-7-16)23-19(24)15-10-18(13-21-12-15)22-11-14-4-2-1-3-5-14/h1-10,12-13,22H,11H2,(H,23,24). The van der Waals surface area contributed by atoms with Crippen molar-refractivity contribution < 1.29 is 4.79 Å². The lowest BCUT2D eigenvalue weighted by molar-refractivity contribution is 0.102. The van der Waals surface area contributed by atoms with E-state index in [1.807, 2.05) is 30.3 Å². The van der Waals surface area contributed by atoms with Gasteiger partial charge in [-0.1, -0.05) is 41.9 Å². The Balaban J connectivity index is 1.65. The van der Waals surface area contributed by atoms with Crippen molar-refractivity contribution >= 4 is 28.9 Å². The highest BCUT2D eigenvalue weighted by molar-refractivity contribution is 6.30. The van der Waals surface area contributed by atoms with E-state index in [2.05, 4.69) is 15.6 Å². The SMILES string of the molecule is O=C(Nc1ccc(Cl)cc1)c1cncc(NCc2ccccc2)c1. The number of nitrogens with one attached hydrogen (secondary N) is 2. The summed E-state index contributed by atoms with van der Waals surface area (Å²) in [6.07, 6.45) is 3.24. The molecular formula is C19H16ClN3O. The number of benzene rings is 2. The van der Waals surface area contributed by atoms with Crippen LogP contribution in [0, 0.1) is 0 Å². The Kier molecular flexibility index (Phi) is 5.08. The highest BCUT2D eigenvalue weighted by Gasteiger charge is 2.07. The van der Waals surface area contributed by atoms with E-state index in [1.54, 1.807) is 42.7 Å². The molecule has 0 saturated heterocycles. The summed E-state index contributed by atoms with van der Waals surface area (Å²) >= 11 is 5.84. The van der Waals surface area contributed by atoms with Gasteiger partial charge in [0, 0.05) is 29.6 Å². The van der Waals surface area contributed by atoms with E-state index in [-0.39, 0.29) is 5.91 Å². The number of carbonyl (C=O) groups is 1. The third-order valence-corrected chi connectivity index (χ3v) is 3.69. The quantitative estimate of drug-likeness (QED) is 0.715. The Morgan fingerprint density at radius 1 is 0.958 bits per heavy atom. The second kappa shape index (κ2) is 7.62. The molecule has 0 spiro atoms. The monoisotopic (exact) mass is 337 g/mol.